The van der Waals surface area contributed by atoms with Crippen LogP contribution < -0.4 is 3.72 Å². The third kappa shape index (κ3) is 4.77. The zero-order chi connectivity index (χ0) is 9.52. The molecule has 0 bridgehead atoms. The average Bonchev–Trinajstić information content (AvgIpc) is 2.17. The Balaban J connectivity index is 2.27. The van der Waals surface area contributed by atoms with E-state index >= 15 is 0 Å². The predicted molar refractivity (Wildman–Crippen MR) is 57.7 cm³/mol. The van der Waals surface area contributed by atoms with E-state index in [0.717, 1.165) is 0 Å². The van der Waals surface area contributed by atoms with E-state index in [2.05, 4.69) is 47.5 Å². The van der Waals surface area contributed by atoms with Crippen LogP contribution in [0.15, 0.2) is 30.3 Å². The van der Waals surface area contributed by atoms with Crippen LogP contribution in [0.2, 0.25) is 0 Å². The van der Waals surface area contributed by atoms with Crippen LogP contribution in [0, 0.1) is 0 Å². The summed E-state index contributed by atoms with van der Waals surface area (Å²) in [6.45, 7) is 2.20. The van der Waals surface area contributed by atoms with Gasteiger partial charge in [0.05, 0.1) is 0 Å². The number of hydrogen-bond donors (Lipinski definition) is 2. The first kappa shape index (κ1) is 11.2. The Bertz CT molecular complexity index is 228. The summed E-state index contributed by atoms with van der Waals surface area (Å²) in [7, 11) is 0. The molecule has 0 fully saturated rings. The molecule has 1 aromatic carbocycles. The molecule has 3 heteroatoms. The fourth-order valence-corrected chi connectivity index (χ4v) is 3.45. The molecule has 0 heterocycles. The molecule has 1 aromatic rings. The van der Waals surface area contributed by atoms with Gasteiger partial charge in [-0.25, -0.2) is 0 Å². The Hall–Kier alpha value is 0.110. The fraction of sp³-hybridized carbons (Fsp3) is 0.400. The molecular weight excluding hydrogens is 363 g/mol. The molecule has 1 atom stereocenters. The van der Waals surface area contributed by atoms with Gasteiger partial charge in [-0.15, -0.1) is 0 Å². The summed E-state index contributed by atoms with van der Waals surface area (Å²) in [6.07, 6.45) is 2.44. The molecule has 0 aliphatic carbocycles. The molecule has 0 saturated heterocycles. The number of hydrogen-bond acceptors (Lipinski definition) is 2. The van der Waals surface area contributed by atoms with Crippen LogP contribution in [-0.4, -0.2) is 3.47 Å². The minimum atomic E-state index is 0.102. The van der Waals surface area contributed by atoms with E-state index in [-0.39, 0.29) is 20.0 Å². The predicted octanol–water partition coefficient (Wildman–Crippen LogP) is 3.15. The first-order valence-electron chi connectivity index (χ1n) is 4.36. The molecule has 1 N–H and O–H groups in total. The number of benzene rings is 1. The number of para-hydroxylation sites is 1. The second-order valence-electron chi connectivity index (χ2n) is 2.70. The molecule has 0 amide bonds. The normalized spacial score (nSPS) is 12.8. The van der Waals surface area contributed by atoms with Gasteiger partial charge in [-0.3, -0.25) is 0 Å². The molecule has 13 heavy (non-hydrogen) atoms. The Labute approximate surface area is 95.4 Å². The van der Waals surface area contributed by atoms with Crippen molar-refractivity contribution in [3.63, 3.8) is 0 Å². The van der Waals surface area contributed by atoms with Gasteiger partial charge in [-0.1, -0.05) is 0 Å². The number of nitrogens with one attached hydrogen (secondary N) is 1. The molecule has 1 rings (SSSR count). The van der Waals surface area contributed by atoms with E-state index in [1.165, 1.54) is 18.5 Å². The van der Waals surface area contributed by atoms with Gasteiger partial charge in [0, 0.05) is 0 Å². The van der Waals surface area contributed by atoms with Crippen molar-refractivity contribution >= 4 is 18.3 Å². The van der Waals surface area contributed by atoms with Crippen molar-refractivity contribution in [3.05, 3.63) is 30.3 Å². The van der Waals surface area contributed by atoms with Crippen molar-refractivity contribution in [2.24, 2.45) is 0 Å². The van der Waals surface area contributed by atoms with Gasteiger partial charge in [0.15, 0.2) is 0 Å². The van der Waals surface area contributed by atoms with Gasteiger partial charge >= 0.3 is 95.6 Å². The molecule has 0 radical (unpaired) electrons. The zero-order valence-electron chi connectivity index (χ0n) is 7.63. The van der Waals surface area contributed by atoms with Crippen LogP contribution >= 0.6 is 12.6 Å². The first-order valence-corrected chi connectivity index (χ1v) is 7.21. The summed E-state index contributed by atoms with van der Waals surface area (Å²) in [4.78, 5) is 0. The van der Waals surface area contributed by atoms with Gasteiger partial charge < -0.3 is 0 Å². The Morgan fingerprint density at radius 1 is 1.38 bits per heavy atom. The second kappa shape index (κ2) is 6.55. The summed E-state index contributed by atoms with van der Waals surface area (Å²) in [6, 6.07) is 10.3. The summed E-state index contributed by atoms with van der Waals surface area (Å²) < 4.78 is 4.01. The summed E-state index contributed by atoms with van der Waals surface area (Å²) in [5, 5.41) is 0. The third-order valence-electron chi connectivity index (χ3n) is 1.51. The number of anilines is 1. The van der Waals surface area contributed by atoms with Crippen molar-refractivity contribution in [1.82, 2.24) is 0 Å². The van der Waals surface area contributed by atoms with Crippen molar-refractivity contribution in [3.8, 4) is 0 Å². The van der Waals surface area contributed by atoms with E-state index in [1.807, 2.05) is 6.07 Å². The van der Waals surface area contributed by atoms with Crippen molar-refractivity contribution < 1.29 is 20.0 Å². The van der Waals surface area contributed by atoms with E-state index < -0.39 is 0 Å². The van der Waals surface area contributed by atoms with Crippen LogP contribution in [0.3, 0.4) is 0 Å². The molecule has 0 aliphatic heterocycles. The van der Waals surface area contributed by atoms with Gasteiger partial charge in [0.2, 0.25) is 0 Å². The zero-order valence-corrected chi connectivity index (χ0v) is 10.7. The van der Waals surface area contributed by atoms with Crippen LogP contribution in [0.5, 0.6) is 0 Å². The molecular formula is C10H15AuNS. The standard InChI is InChI=1S/C6H6N.C4H9S.Au/c7-6-4-2-1-3-5-6;1-2-3-4-5;/h1-5,7H;4-5H,2-3H2,1H3;/q-1;;+1. The Morgan fingerprint density at radius 3 is 2.69 bits per heavy atom. The van der Waals surface area contributed by atoms with Gasteiger partial charge in [-0.05, 0) is 0 Å². The second-order valence-corrected chi connectivity index (χ2v) is 6.95. The van der Waals surface area contributed by atoms with Crippen LogP contribution in [0.4, 0.5) is 5.69 Å². The van der Waals surface area contributed by atoms with Gasteiger partial charge in [0.1, 0.15) is 0 Å². The Kier molecular flexibility index (Phi) is 5.63. The minimum absolute atomic E-state index is 0.102. The number of rotatable bonds is 5. The summed E-state index contributed by atoms with van der Waals surface area (Å²) >= 11 is 4.62. The molecule has 1 unspecified atom stereocenters. The molecule has 77 valence electrons. The average molecular weight is 378 g/mol. The van der Waals surface area contributed by atoms with Crippen LogP contribution in [-0.2, 0) is 20.0 Å². The van der Waals surface area contributed by atoms with Crippen molar-refractivity contribution in [2.45, 2.75) is 23.2 Å². The first-order chi connectivity index (χ1) is 6.33. The SMILES string of the molecule is CCC[CH](S)[Au][NH]c1ccccc1. The maximum atomic E-state index is 4.52. The third-order valence-corrected chi connectivity index (χ3v) is 4.69. The molecule has 0 spiro atoms. The maximum absolute atomic E-state index is 4.52. The van der Waals surface area contributed by atoms with Crippen LogP contribution in [0.25, 0.3) is 0 Å². The fourth-order valence-electron chi connectivity index (χ4n) is 0.849. The molecule has 0 aromatic heterocycles. The number of thiol groups is 1. The summed E-state index contributed by atoms with van der Waals surface area (Å²) in [5.41, 5.74) is 1.22. The van der Waals surface area contributed by atoms with Gasteiger partial charge in [-0.2, -0.15) is 0 Å². The topological polar surface area (TPSA) is 12.0 Å². The molecule has 0 aliphatic rings. The van der Waals surface area contributed by atoms with E-state index in [1.54, 1.807) is 0 Å². The van der Waals surface area contributed by atoms with Crippen molar-refractivity contribution in [2.75, 3.05) is 3.72 Å². The Morgan fingerprint density at radius 2 is 2.08 bits per heavy atom. The molecule has 0 saturated carbocycles. The van der Waals surface area contributed by atoms with E-state index in [4.69, 9.17) is 0 Å². The van der Waals surface area contributed by atoms with Crippen molar-refractivity contribution in [1.29, 1.82) is 0 Å². The van der Waals surface area contributed by atoms with Gasteiger partial charge in [0.25, 0.3) is 0 Å². The summed E-state index contributed by atoms with van der Waals surface area (Å²) in [5.74, 6) is 0. The van der Waals surface area contributed by atoms with E-state index in [0.29, 0.717) is 3.47 Å². The van der Waals surface area contributed by atoms with Crippen LogP contribution in [0.1, 0.15) is 19.8 Å². The molecule has 1 nitrogen and oxygen atoms in total. The monoisotopic (exact) mass is 378 g/mol. The quantitative estimate of drug-likeness (QED) is 0.593. The van der Waals surface area contributed by atoms with E-state index in [9.17, 15) is 0 Å².